The molecule has 0 aliphatic carbocycles. The summed E-state index contributed by atoms with van der Waals surface area (Å²) in [5, 5.41) is 2.87. The Bertz CT molecular complexity index is 3230. The highest BCUT2D eigenvalue weighted by Crippen LogP contribution is 2.36. The SMILES string of the molecule is CC(=O)CS(=O)C(c1cccc(Cl)c1)c1cccc(Cl)c1.CC(=O)CS(=O)C(c1cccc(F)c1)c1cccc(F)c1.CC(=O)CS(=O)C(c1ccccc1)c1cccc(Br)c1.CCCCNC(=O)CSC(c1ccccc1)c1ccccc1. The van der Waals surface area contributed by atoms with Crippen molar-refractivity contribution in [1.29, 1.82) is 0 Å². The van der Waals surface area contributed by atoms with Gasteiger partial charge in [-0.3, -0.25) is 31.8 Å². The van der Waals surface area contributed by atoms with Crippen LogP contribution in [0.25, 0.3) is 0 Å². The molecule has 4 unspecified atom stereocenters. The Labute approximate surface area is 522 Å². The van der Waals surface area contributed by atoms with E-state index in [1.807, 2.05) is 103 Å². The fraction of sp³-hybridized carbons (Fsp3) is 0.224. The van der Waals surface area contributed by atoms with Crippen LogP contribution >= 0.6 is 50.9 Å². The normalized spacial score (nSPS) is 12.2. The largest absolute Gasteiger partial charge is 0.355 e. The minimum Gasteiger partial charge on any atom is -0.355 e. The quantitative estimate of drug-likeness (QED) is 0.0627. The molecule has 0 saturated carbocycles. The van der Waals surface area contributed by atoms with E-state index in [0.717, 1.165) is 46.1 Å². The molecule has 84 heavy (non-hydrogen) atoms. The summed E-state index contributed by atoms with van der Waals surface area (Å²) in [4.78, 5) is 45.8. The van der Waals surface area contributed by atoms with Crippen LogP contribution in [0.1, 0.15) is 106 Å². The van der Waals surface area contributed by atoms with Crippen molar-refractivity contribution < 1.29 is 40.6 Å². The fourth-order valence-corrected chi connectivity index (χ4v) is 14.9. The van der Waals surface area contributed by atoms with E-state index in [1.54, 1.807) is 60.3 Å². The Kier molecular flexibility index (Phi) is 30.1. The number of thioether (sulfide) groups is 1. The minimum atomic E-state index is -1.59. The van der Waals surface area contributed by atoms with Gasteiger partial charge in [-0.1, -0.05) is 204 Å². The van der Waals surface area contributed by atoms with Crippen molar-refractivity contribution >= 4 is 107 Å². The third kappa shape index (κ3) is 23.8. The lowest BCUT2D eigenvalue weighted by Gasteiger charge is -2.17. The second-order valence-electron chi connectivity index (χ2n) is 19.2. The number of hydrogen-bond donors (Lipinski definition) is 1. The Morgan fingerprint density at radius 2 is 0.798 bits per heavy atom. The molecule has 1 amide bonds. The van der Waals surface area contributed by atoms with Crippen molar-refractivity contribution in [1.82, 2.24) is 5.32 Å². The molecule has 0 spiro atoms. The first kappa shape index (κ1) is 68.7. The number of unbranched alkanes of at least 4 members (excludes halogenated alkanes) is 1. The second-order valence-corrected chi connectivity index (χ2v) is 26.7. The zero-order chi connectivity index (χ0) is 61.0. The Morgan fingerprint density at radius 3 is 1.15 bits per heavy atom. The van der Waals surface area contributed by atoms with Gasteiger partial charge < -0.3 is 5.32 Å². The van der Waals surface area contributed by atoms with Gasteiger partial charge in [0, 0.05) is 53.5 Å². The first-order valence-corrected chi connectivity index (χ1v) is 33.5. The average molecular weight is 1310 g/mol. The minimum absolute atomic E-state index is 0.00366. The van der Waals surface area contributed by atoms with E-state index >= 15 is 0 Å². The lowest BCUT2D eigenvalue weighted by Crippen LogP contribution is -2.26. The molecule has 440 valence electrons. The molecule has 0 bridgehead atoms. The summed E-state index contributed by atoms with van der Waals surface area (Å²) >= 11 is 17.2. The van der Waals surface area contributed by atoms with Gasteiger partial charge in [0.05, 0.1) is 44.0 Å². The summed E-state index contributed by atoms with van der Waals surface area (Å²) < 4.78 is 65.3. The highest BCUT2D eigenvalue weighted by molar-refractivity contribution is 9.10. The lowest BCUT2D eigenvalue weighted by molar-refractivity contribution is -0.118. The summed E-state index contributed by atoms with van der Waals surface area (Å²) in [5.74, 6) is -0.795. The van der Waals surface area contributed by atoms with Crippen molar-refractivity contribution in [3.63, 3.8) is 0 Å². The smallest absolute Gasteiger partial charge is 0.230 e. The van der Waals surface area contributed by atoms with Crippen LogP contribution in [0.4, 0.5) is 8.78 Å². The molecule has 8 rings (SSSR count). The topological polar surface area (TPSA) is 132 Å². The van der Waals surface area contributed by atoms with E-state index in [9.17, 15) is 40.6 Å². The molecular weight excluding hydrogens is 1250 g/mol. The predicted molar refractivity (Wildman–Crippen MR) is 348 cm³/mol. The van der Waals surface area contributed by atoms with E-state index < -0.39 is 54.5 Å². The molecule has 0 radical (unpaired) electrons. The van der Waals surface area contributed by atoms with Gasteiger partial charge in [0.25, 0.3) is 0 Å². The van der Waals surface area contributed by atoms with Gasteiger partial charge in [-0.05, 0) is 132 Å². The number of carbonyl (C=O) groups is 4. The van der Waals surface area contributed by atoms with Gasteiger partial charge in [0.15, 0.2) is 0 Å². The Hall–Kier alpha value is -6.04. The average Bonchev–Trinajstić information content (AvgIpc) is 3.47. The van der Waals surface area contributed by atoms with Gasteiger partial charge in [-0.2, -0.15) is 0 Å². The van der Waals surface area contributed by atoms with Gasteiger partial charge in [-0.25, -0.2) is 8.78 Å². The van der Waals surface area contributed by atoms with Crippen LogP contribution in [-0.4, -0.2) is 65.4 Å². The number of hydrogen-bond acceptors (Lipinski definition) is 8. The molecule has 0 aliphatic rings. The third-order valence-corrected chi connectivity index (χ3v) is 19.7. The van der Waals surface area contributed by atoms with Gasteiger partial charge in [-0.15, -0.1) is 11.8 Å². The molecule has 8 aromatic carbocycles. The first-order chi connectivity index (χ1) is 40.3. The molecule has 0 saturated heterocycles. The number of benzene rings is 8. The van der Waals surface area contributed by atoms with Crippen molar-refractivity contribution in [2.75, 3.05) is 29.6 Å². The number of rotatable bonds is 23. The number of carbonyl (C=O) groups excluding carboxylic acids is 4. The molecule has 0 aliphatic heterocycles. The number of nitrogens with one attached hydrogen (secondary N) is 1. The standard InChI is InChI=1S/C19H23NOS.C16H15BrO2S.C16H14Cl2O2S.C16H14F2O2S/c1-2-3-14-20-18(21)15-22-19(16-10-6-4-7-11-16)17-12-8-5-9-13-17;1-12(18)11-20(19)16(13-6-3-2-4-7-13)14-8-5-9-15(17)10-14;2*1-11(19)10-21(20)16(12-4-2-6-14(17)8-12)13-5-3-7-15(18)9-13/h4-13,19H,2-3,14-15H2,1H3,(H,20,21);2-10,16H,11H2,1H3;2*2-9,16H,10H2,1H3. The summed E-state index contributed by atoms with van der Waals surface area (Å²) in [6.07, 6.45) is 2.14. The highest BCUT2D eigenvalue weighted by Gasteiger charge is 2.26. The molecule has 4 atom stereocenters. The summed E-state index contributed by atoms with van der Waals surface area (Å²) in [7, 11) is -4.23. The first-order valence-electron chi connectivity index (χ1n) is 26.7. The maximum atomic E-state index is 13.4. The van der Waals surface area contributed by atoms with Crippen LogP contribution in [0.5, 0.6) is 0 Å². The van der Waals surface area contributed by atoms with E-state index in [0.29, 0.717) is 26.9 Å². The van der Waals surface area contributed by atoms with Gasteiger partial charge in [0.2, 0.25) is 5.91 Å². The summed E-state index contributed by atoms with van der Waals surface area (Å²) in [5.41, 5.74) is 6.92. The van der Waals surface area contributed by atoms with Crippen LogP contribution in [-0.2, 0) is 51.6 Å². The number of ketones is 3. The maximum Gasteiger partial charge on any atom is 0.230 e. The third-order valence-electron chi connectivity index (χ3n) is 12.1. The van der Waals surface area contributed by atoms with Gasteiger partial charge >= 0.3 is 0 Å². The molecule has 8 aromatic rings. The van der Waals surface area contributed by atoms with Gasteiger partial charge in [0.1, 0.15) is 29.0 Å². The molecule has 17 heteroatoms. The van der Waals surface area contributed by atoms with E-state index in [2.05, 4.69) is 52.4 Å². The molecule has 8 nitrogen and oxygen atoms in total. The molecule has 0 heterocycles. The highest BCUT2D eigenvalue weighted by atomic mass is 79.9. The molecule has 0 fully saturated rings. The maximum absolute atomic E-state index is 13.4. The Morgan fingerprint density at radius 1 is 0.464 bits per heavy atom. The monoisotopic (exact) mass is 1310 g/mol. The van der Waals surface area contributed by atoms with Crippen LogP contribution in [0.15, 0.2) is 217 Å². The molecule has 0 aromatic heterocycles. The van der Waals surface area contributed by atoms with E-state index in [-0.39, 0.29) is 51.0 Å². The Balaban J connectivity index is 0.000000205. The fourth-order valence-electron chi connectivity index (χ4n) is 8.57. The summed E-state index contributed by atoms with van der Waals surface area (Å²) in [6, 6.07) is 63.8. The lowest BCUT2D eigenvalue weighted by atomic mass is 10.0. The summed E-state index contributed by atoms with van der Waals surface area (Å²) in [6.45, 7) is 7.15. The number of Topliss-reactive ketones (excluding diaryl/α,β-unsaturated/α-hetero) is 3. The molecule has 1 N–H and O–H groups in total. The van der Waals surface area contributed by atoms with E-state index in [4.69, 9.17) is 23.2 Å². The predicted octanol–water partition coefficient (Wildman–Crippen LogP) is 16.1. The van der Waals surface area contributed by atoms with E-state index in [1.165, 1.54) is 68.3 Å². The van der Waals surface area contributed by atoms with Crippen molar-refractivity contribution in [2.24, 2.45) is 0 Å². The van der Waals surface area contributed by atoms with Crippen LogP contribution in [0.3, 0.4) is 0 Å². The number of amides is 1. The zero-order valence-corrected chi connectivity index (χ0v) is 53.2. The van der Waals surface area contributed by atoms with Crippen molar-refractivity contribution in [3.05, 3.63) is 283 Å². The second kappa shape index (κ2) is 36.7. The van der Waals surface area contributed by atoms with Crippen molar-refractivity contribution in [3.8, 4) is 0 Å². The zero-order valence-electron chi connectivity index (χ0n) is 46.8. The van der Waals surface area contributed by atoms with Crippen LogP contribution < -0.4 is 5.32 Å². The van der Waals surface area contributed by atoms with Crippen LogP contribution in [0.2, 0.25) is 10.0 Å². The van der Waals surface area contributed by atoms with Crippen LogP contribution in [0, 0.1) is 11.6 Å². The van der Waals surface area contributed by atoms with Crippen molar-refractivity contribution in [2.45, 2.75) is 61.5 Å². The number of halogens is 5. The molecular formula is C67H66BrCl2F2NO7S4.